The maximum atomic E-state index is 14.6. The van der Waals surface area contributed by atoms with Crippen molar-refractivity contribution in [3.63, 3.8) is 0 Å². The van der Waals surface area contributed by atoms with E-state index in [1.165, 1.54) is 22.2 Å². The van der Waals surface area contributed by atoms with Gasteiger partial charge in [0.25, 0.3) is 5.56 Å². The van der Waals surface area contributed by atoms with Gasteiger partial charge in [-0.05, 0) is 44.2 Å². The highest BCUT2D eigenvalue weighted by Gasteiger charge is 2.46. The predicted molar refractivity (Wildman–Crippen MR) is 162 cm³/mol. The summed E-state index contributed by atoms with van der Waals surface area (Å²) in [5.74, 6) is 0.665. The van der Waals surface area contributed by atoms with Gasteiger partial charge in [0.15, 0.2) is 0 Å². The third-order valence-corrected chi connectivity index (χ3v) is 10.0. The van der Waals surface area contributed by atoms with Gasteiger partial charge in [0.1, 0.15) is 28.5 Å². The Bertz CT molecular complexity index is 1730. The van der Waals surface area contributed by atoms with Crippen LogP contribution in [-0.4, -0.2) is 53.5 Å². The Balaban J connectivity index is 1.60. The second-order valence-corrected chi connectivity index (χ2v) is 12.1. The number of oxazole rings is 1. The number of fused-ring (bicyclic) bond motifs is 1. The van der Waals surface area contributed by atoms with Gasteiger partial charge in [0, 0.05) is 25.8 Å². The molecule has 2 fully saturated rings. The number of aromatic nitrogens is 3. The van der Waals surface area contributed by atoms with Gasteiger partial charge in [-0.2, -0.15) is 0 Å². The summed E-state index contributed by atoms with van der Waals surface area (Å²) in [4.78, 5) is 47.9. The van der Waals surface area contributed by atoms with Crippen LogP contribution in [0.2, 0.25) is 0 Å². The molecule has 1 N–H and O–H groups in total. The molecule has 1 aliphatic carbocycles. The molecule has 11 nitrogen and oxygen atoms in total. The van der Waals surface area contributed by atoms with Crippen molar-refractivity contribution in [2.45, 2.75) is 69.7 Å². The van der Waals surface area contributed by atoms with Crippen LogP contribution in [0.5, 0.6) is 5.75 Å². The average molecular weight is 609 g/mol. The standard InChI is InChI=1S/C31H36N4O7S/c1-19-24-27(36)35(31(29(37)32-2)12-6-7-13-31)30(38)34(28(24)43-25(19)26-33-14-17-41-26)18-23(42-20-10-15-40-16-11-20)21-8-4-5-9-22(21)39-3/h4-5,8-9,14,17,20,23H,6-7,10-13,15-16,18H2,1-3H3,(H,32,37). The van der Waals surface area contributed by atoms with E-state index in [-0.39, 0.29) is 18.6 Å². The van der Waals surface area contributed by atoms with E-state index in [4.69, 9.17) is 18.6 Å². The quantitative estimate of drug-likeness (QED) is 0.300. The molecule has 2 aliphatic rings. The molecule has 1 unspecified atom stereocenters. The van der Waals surface area contributed by atoms with Crippen LogP contribution in [0.4, 0.5) is 0 Å². The summed E-state index contributed by atoms with van der Waals surface area (Å²) in [7, 11) is 3.15. The highest BCUT2D eigenvalue weighted by molar-refractivity contribution is 7.22. The molecule has 1 saturated carbocycles. The van der Waals surface area contributed by atoms with Crippen molar-refractivity contribution in [2.24, 2.45) is 0 Å². The number of benzene rings is 1. The van der Waals surface area contributed by atoms with E-state index < -0.39 is 22.9 Å². The van der Waals surface area contributed by atoms with E-state index in [0.29, 0.717) is 58.4 Å². The topological polar surface area (TPSA) is 127 Å². The Hall–Kier alpha value is -3.74. The fourth-order valence-electron chi connectivity index (χ4n) is 6.53. The first kappa shape index (κ1) is 29.3. The fraction of sp³-hybridized carbons (Fsp3) is 0.484. The molecule has 43 heavy (non-hydrogen) atoms. The van der Waals surface area contributed by atoms with Gasteiger partial charge < -0.3 is 23.9 Å². The molecule has 4 aromatic rings. The van der Waals surface area contributed by atoms with Gasteiger partial charge in [0.05, 0.1) is 36.2 Å². The van der Waals surface area contributed by atoms with Crippen molar-refractivity contribution in [3.8, 4) is 16.5 Å². The third-order valence-electron chi connectivity index (χ3n) is 8.71. The lowest BCUT2D eigenvalue weighted by molar-refractivity contribution is -0.129. The number of carbonyl (C=O) groups excluding carboxylic acids is 1. The smallest absolute Gasteiger partial charge is 0.333 e. The van der Waals surface area contributed by atoms with Gasteiger partial charge >= 0.3 is 5.69 Å². The van der Waals surface area contributed by atoms with Crippen LogP contribution < -0.4 is 21.3 Å². The Kier molecular flexibility index (Phi) is 8.25. The molecule has 3 aromatic heterocycles. The minimum atomic E-state index is -1.28. The molecular weight excluding hydrogens is 572 g/mol. The van der Waals surface area contributed by atoms with Crippen LogP contribution >= 0.6 is 11.3 Å². The van der Waals surface area contributed by atoms with Crippen LogP contribution in [-0.2, 0) is 26.4 Å². The second-order valence-electron chi connectivity index (χ2n) is 11.1. The van der Waals surface area contributed by atoms with Crippen molar-refractivity contribution >= 4 is 27.5 Å². The summed E-state index contributed by atoms with van der Waals surface area (Å²) in [6.07, 6.45) is 6.07. The monoisotopic (exact) mass is 608 g/mol. The second kappa shape index (κ2) is 12.1. The van der Waals surface area contributed by atoms with E-state index in [0.717, 1.165) is 31.2 Å². The van der Waals surface area contributed by atoms with Crippen LogP contribution in [0.1, 0.15) is 55.8 Å². The third kappa shape index (κ3) is 5.11. The van der Waals surface area contributed by atoms with Crippen molar-refractivity contribution < 1.29 is 23.4 Å². The van der Waals surface area contributed by atoms with Crippen molar-refractivity contribution in [1.82, 2.24) is 19.4 Å². The molecule has 0 radical (unpaired) electrons. The van der Waals surface area contributed by atoms with Crippen LogP contribution in [0.25, 0.3) is 21.0 Å². The Labute approximate surface area is 252 Å². The molecule has 1 saturated heterocycles. The number of hydrogen-bond acceptors (Lipinski definition) is 9. The van der Waals surface area contributed by atoms with Crippen molar-refractivity contribution in [3.05, 3.63) is 68.7 Å². The maximum absolute atomic E-state index is 14.6. The maximum Gasteiger partial charge on any atom is 0.333 e. The zero-order chi connectivity index (χ0) is 30.1. The van der Waals surface area contributed by atoms with E-state index in [1.54, 1.807) is 24.9 Å². The highest BCUT2D eigenvalue weighted by atomic mass is 32.1. The number of nitrogens with one attached hydrogen (secondary N) is 1. The Morgan fingerprint density at radius 3 is 2.63 bits per heavy atom. The zero-order valence-corrected chi connectivity index (χ0v) is 25.4. The van der Waals surface area contributed by atoms with Gasteiger partial charge in [-0.1, -0.05) is 31.0 Å². The van der Waals surface area contributed by atoms with E-state index >= 15 is 0 Å². The number of rotatable bonds is 9. The minimum Gasteiger partial charge on any atom is -0.496 e. The number of para-hydroxylation sites is 1. The molecule has 1 aromatic carbocycles. The van der Waals surface area contributed by atoms with Gasteiger partial charge in [-0.25, -0.2) is 14.3 Å². The number of likely N-dealkylation sites (N-methyl/N-ethyl adjacent to an activating group) is 1. The summed E-state index contributed by atoms with van der Waals surface area (Å²) in [5.41, 5.74) is -0.861. The van der Waals surface area contributed by atoms with Gasteiger partial charge in [0.2, 0.25) is 11.8 Å². The first-order chi connectivity index (χ1) is 20.9. The number of methoxy groups -OCH3 is 1. The summed E-state index contributed by atoms with van der Waals surface area (Å²) in [5, 5.41) is 3.10. The van der Waals surface area contributed by atoms with Crippen molar-refractivity contribution in [2.75, 3.05) is 27.4 Å². The number of nitrogens with zero attached hydrogens (tertiary/aromatic N) is 3. The fourth-order valence-corrected chi connectivity index (χ4v) is 7.77. The number of hydrogen-bond donors (Lipinski definition) is 1. The summed E-state index contributed by atoms with van der Waals surface area (Å²) >= 11 is 1.28. The molecule has 1 atom stereocenters. The van der Waals surface area contributed by atoms with Crippen LogP contribution in [0.3, 0.4) is 0 Å². The molecule has 228 valence electrons. The molecule has 1 amide bonds. The molecule has 0 spiro atoms. The van der Waals surface area contributed by atoms with Crippen LogP contribution in [0, 0.1) is 6.92 Å². The predicted octanol–water partition coefficient (Wildman–Crippen LogP) is 4.15. The molecule has 6 rings (SSSR count). The lowest BCUT2D eigenvalue weighted by Gasteiger charge is -2.31. The minimum absolute atomic E-state index is 0.0826. The number of carbonyl (C=O) groups is 1. The first-order valence-electron chi connectivity index (χ1n) is 14.7. The zero-order valence-electron chi connectivity index (χ0n) is 24.6. The van der Waals surface area contributed by atoms with E-state index in [9.17, 15) is 14.4 Å². The van der Waals surface area contributed by atoms with Gasteiger partial charge in [-0.3, -0.25) is 14.2 Å². The molecular formula is C31H36N4O7S. The summed E-state index contributed by atoms with van der Waals surface area (Å²) in [6.45, 7) is 3.12. The molecule has 12 heteroatoms. The number of amides is 1. The largest absolute Gasteiger partial charge is 0.496 e. The summed E-state index contributed by atoms with van der Waals surface area (Å²) < 4.78 is 26.4. The molecule has 1 aliphatic heterocycles. The van der Waals surface area contributed by atoms with Gasteiger partial charge in [-0.15, -0.1) is 11.3 Å². The molecule has 0 bridgehead atoms. The lowest BCUT2D eigenvalue weighted by Crippen LogP contribution is -2.57. The first-order valence-corrected chi connectivity index (χ1v) is 15.5. The van der Waals surface area contributed by atoms with Crippen LogP contribution in [0.15, 0.2) is 50.7 Å². The highest BCUT2D eigenvalue weighted by Crippen LogP contribution is 2.40. The van der Waals surface area contributed by atoms with E-state index in [1.807, 2.05) is 31.2 Å². The Morgan fingerprint density at radius 1 is 1.21 bits per heavy atom. The normalized spacial score (nSPS) is 17.7. The number of thiophene rings is 1. The molecule has 4 heterocycles. The number of ether oxygens (including phenoxy) is 3. The average Bonchev–Trinajstić information content (AvgIpc) is 3.80. The number of aryl methyl sites for hydroxylation is 1. The van der Waals surface area contributed by atoms with E-state index in [2.05, 4.69) is 10.3 Å². The van der Waals surface area contributed by atoms with Crippen molar-refractivity contribution in [1.29, 1.82) is 0 Å². The SMILES string of the molecule is CNC(=O)C1(n2c(=O)c3c(C)c(-c4ncco4)sc3n(CC(OC3CCOCC3)c3ccccc3OC)c2=O)CCCC1. The Morgan fingerprint density at radius 2 is 1.95 bits per heavy atom. The lowest BCUT2D eigenvalue weighted by atomic mass is 9.95. The summed E-state index contributed by atoms with van der Waals surface area (Å²) in [6, 6.07) is 7.59.